The number of hydrogen-bond acceptors (Lipinski definition) is 6. The number of hydrogen-bond donors (Lipinski definition) is 1. The first-order chi connectivity index (χ1) is 11.7. The predicted octanol–water partition coefficient (Wildman–Crippen LogP) is 1.80. The number of aromatic nitrogens is 4. The molecule has 0 aliphatic rings. The van der Waals surface area contributed by atoms with E-state index >= 15 is 0 Å². The number of nitrogens with one attached hydrogen (secondary N) is 1. The van der Waals surface area contributed by atoms with Gasteiger partial charge in [0.1, 0.15) is 5.69 Å². The number of ether oxygens (including phenoxy) is 1. The summed E-state index contributed by atoms with van der Waals surface area (Å²) in [6.07, 6.45) is 3.42. The Labute approximate surface area is 138 Å². The minimum atomic E-state index is -0.204. The van der Waals surface area contributed by atoms with E-state index in [2.05, 4.69) is 20.4 Å². The van der Waals surface area contributed by atoms with Gasteiger partial charge in [0.05, 0.1) is 13.2 Å². The van der Waals surface area contributed by atoms with Crippen LogP contribution in [0.3, 0.4) is 0 Å². The van der Waals surface area contributed by atoms with Gasteiger partial charge in [0, 0.05) is 31.1 Å². The van der Waals surface area contributed by atoms with Crippen molar-refractivity contribution in [1.82, 2.24) is 25.0 Å². The Bertz CT molecular complexity index is 822. The molecule has 1 N–H and O–H groups in total. The van der Waals surface area contributed by atoms with Crippen molar-refractivity contribution in [3.63, 3.8) is 0 Å². The molecule has 0 unspecified atom stereocenters. The molecule has 1 amide bonds. The predicted molar refractivity (Wildman–Crippen MR) is 85.3 cm³/mol. The lowest BCUT2D eigenvalue weighted by atomic mass is 10.3. The fourth-order valence-corrected chi connectivity index (χ4v) is 2.13. The summed E-state index contributed by atoms with van der Waals surface area (Å²) >= 11 is 0. The van der Waals surface area contributed by atoms with Crippen LogP contribution in [-0.4, -0.2) is 32.2 Å². The van der Waals surface area contributed by atoms with Crippen LogP contribution in [0.2, 0.25) is 0 Å². The van der Waals surface area contributed by atoms with E-state index in [-0.39, 0.29) is 12.5 Å². The zero-order chi connectivity index (χ0) is 16.9. The second kappa shape index (κ2) is 6.95. The number of amides is 1. The van der Waals surface area contributed by atoms with Crippen LogP contribution in [0.15, 0.2) is 41.2 Å². The molecule has 0 spiro atoms. The lowest BCUT2D eigenvalue weighted by Gasteiger charge is -2.03. The first-order valence-corrected chi connectivity index (χ1v) is 7.48. The van der Waals surface area contributed by atoms with Gasteiger partial charge in [-0.3, -0.25) is 4.79 Å². The summed E-state index contributed by atoms with van der Waals surface area (Å²) in [6, 6.07) is 7.08. The van der Waals surface area contributed by atoms with E-state index < -0.39 is 0 Å². The standard InChI is InChI=1S/C16H17N5O3/c1-3-23-13-7-6-11(9-17-13)15-19-14(24-20-15)10-18-16(22)12-5-4-8-21(12)2/h4-9H,3,10H2,1-2H3,(H,18,22). The second-order valence-electron chi connectivity index (χ2n) is 5.02. The fraction of sp³-hybridized carbons (Fsp3) is 0.250. The second-order valence-corrected chi connectivity index (χ2v) is 5.02. The molecule has 24 heavy (non-hydrogen) atoms. The number of carbonyl (C=O) groups is 1. The Morgan fingerprint density at radius 1 is 1.38 bits per heavy atom. The van der Waals surface area contributed by atoms with Gasteiger partial charge in [0.2, 0.25) is 17.6 Å². The molecule has 0 atom stereocenters. The van der Waals surface area contributed by atoms with Crippen molar-refractivity contribution in [3.8, 4) is 17.3 Å². The first-order valence-electron chi connectivity index (χ1n) is 7.48. The Hall–Kier alpha value is -3.16. The maximum absolute atomic E-state index is 12.0. The van der Waals surface area contributed by atoms with Gasteiger partial charge >= 0.3 is 0 Å². The third-order valence-electron chi connectivity index (χ3n) is 3.33. The van der Waals surface area contributed by atoms with E-state index in [1.54, 1.807) is 48.3 Å². The van der Waals surface area contributed by atoms with Crippen LogP contribution < -0.4 is 10.1 Å². The topological polar surface area (TPSA) is 95.1 Å². The molecule has 0 bridgehead atoms. The third-order valence-corrected chi connectivity index (χ3v) is 3.33. The Morgan fingerprint density at radius 3 is 2.92 bits per heavy atom. The largest absolute Gasteiger partial charge is 0.478 e. The van der Waals surface area contributed by atoms with Gasteiger partial charge in [-0.1, -0.05) is 5.16 Å². The molecule has 0 saturated carbocycles. The van der Waals surface area contributed by atoms with Crippen LogP contribution >= 0.6 is 0 Å². The van der Waals surface area contributed by atoms with Gasteiger partial charge in [-0.2, -0.15) is 4.98 Å². The van der Waals surface area contributed by atoms with E-state index in [1.807, 2.05) is 6.92 Å². The van der Waals surface area contributed by atoms with Crippen molar-refractivity contribution in [3.05, 3.63) is 48.2 Å². The Kier molecular flexibility index (Phi) is 4.55. The fourth-order valence-electron chi connectivity index (χ4n) is 2.13. The molecule has 0 aliphatic carbocycles. The van der Waals surface area contributed by atoms with Crippen LogP contribution in [0.4, 0.5) is 0 Å². The molecule has 3 aromatic heterocycles. The van der Waals surface area contributed by atoms with Crippen LogP contribution in [0.1, 0.15) is 23.3 Å². The van der Waals surface area contributed by atoms with Gasteiger partial charge in [-0.15, -0.1) is 0 Å². The minimum Gasteiger partial charge on any atom is -0.478 e. The molecule has 0 aromatic carbocycles. The van der Waals surface area contributed by atoms with Gasteiger partial charge in [-0.25, -0.2) is 4.98 Å². The highest BCUT2D eigenvalue weighted by Crippen LogP contribution is 2.17. The Morgan fingerprint density at radius 2 is 2.25 bits per heavy atom. The summed E-state index contributed by atoms with van der Waals surface area (Å²) in [5, 5.41) is 6.64. The lowest BCUT2D eigenvalue weighted by molar-refractivity contribution is 0.0938. The van der Waals surface area contributed by atoms with Gasteiger partial charge in [0.25, 0.3) is 5.91 Å². The van der Waals surface area contributed by atoms with Crippen LogP contribution in [-0.2, 0) is 13.6 Å². The van der Waals surface area contributed by atoms with Gasteiger partial charge in [0.15, 0.2) is 0 Å². The van der Waals surface area contributed by atoms with Gasteiger partial charge < -0.3 is 19.1 Å². The third kappa shape index (κ3) is 3.43. The lowest BCUT2D eigenvalue weighted by Crippen LogP contribution is -2.24. The van der Waals surface area contributed by atoms with Crippen LogP contribution in [0.25, 0.3) is 11.4 Å². The van der Waals surface area contributed by atoms with Crippen molar-refractivity contribution in [1.29, 1.82) is 0 Å². The van der Waals surface area contributed by atoms with E-state index in [9.17, 15) is 4.79 Å². The average molecular weight is 327 g/mol. The van der Waals surface area contributed by atoms with Crippen molar-refractivity contribution in [2.45, 2.75) is 13.5 Å². The molecule has 8 heteroatoms. The molecular formula is C16H17N5O3. The summed E-state index contributed by atoms with van der Waals surface area (Å²) in [5.74, 6) is 1.07. The van der Waals surface area contributed by atoms with E-state index in [4.69, 9.17) is 9.26 Å². The molecule has 0 fully saturated rings. The Balaban J connectivity index is 1.63. The number of pyridine rings is 1. The number of carbonyl (C=O) groups excluding carboxylic acids is 1. The van der Waals surface area contributed by atoms with Crippen molar-refractivity contribution >= 4 is 5.91 Å². The zero-order valence-electron chi connectivity index (χ0n) is 13.4. The van der Waals surface area contributed by atoms with Crippen molar-refractivity contribution in [2.24, 2.45) is 7.05 Å². The monoisotopic (exact) mass is 327 g/mol. The number of aryl methyl sites for hydroxylation is 1. The molecule has 124 valence electrons. The molecule has 0 saturated heterocycles. The van der Waals surface area contributed by atoms with Gasteiger partial charge in [-0.05, 0) is 25.1 Å². The molecule has 3 heterocycles. The molecule has 3 rings (SSSR count). The van der Waals surface area contributed by atoms with Crippen molar-refractivity contribution < 1.29 is 14.1 Å². The maximum Gasteiger partial charge on any atom is 0.268 e. The summed E-state index contributed by atoms with van der Waals surface area (Å²) in [6.45, 7) is 2.60. The molecule has 0 radical (unpaired) electrons. The smallest absolute Gasteiger partial charge is 0.268 e. The summed E-state index contributed by atoms with van der Waals surface area (Å²) in [4.78, 5) is 20.4. The molecular weight excluding hydrogens is 310 g/mol. The quantitative estimate of drug-likeness (QED) is 0.742. The van der Waals surface area contributed by atoms with Crippen LogP contribution in [0, 0.1) is 0 Å². The van der Waals surface area contributed by atoms with Crippen LogP contribution in [0.5, 0.6) is 5.88 Å². The van der Waals surface area contributed by atoms with E-state index in [1.165, 1.54) is 0 Å². The summed E-state index contributed by atoms with van der Waals surface area (Å²) in [5.41, 5.74) is 1.27. The zero-order valence-corrected chi connectivity index (χ0v) is 13.4. The molecule has 8 nitrogen and oxygen atoms in total. The highest BCUT2D eigenvalue weighted by Gasteiger charge is 2.12. The van der Waals surface area contributed by atoms with E-state index in [0.717, 1.165) is 0 Å². The highest BCUT2D eigenvalue weighted by molar-refractivity contribution is 5.92. The molecule has 0 aliphatic heterocycles. The SMILES string of the molecule is CCOc1ccc(-c2noc(CNC(=O)c3cccn3C)n2)cn1. The molecule has 3 aromatic rings. The number of nitrogens with zero attached hydrogens (tertiary/aromatic N) is 4. The number of rotatable bonds is 6. The summed E-state index contributed by atoms with van der Waals surface area (Å²) in [7, 11) is 1.80. The minimum absolute atomic E-state index is 0.154. The summed E-state index contributed by atoms with van der Waals surface area (Å²) < 4.78 is 12.2. The first kappa shape index (κ1) is 15.7. The van der Waals surface area contributed by atoms with E-state index in [0.29, 0.717) is 35.5 Å². The van der Waals surface area contributed by atoms with Crippen molar-refractivity contribution in [2.75, 3.05) is 6.61 Å². The normalized spacial score (nSPS) is 10.6. The highest BCUT2D eigenvalue weighted by atomic mass is 16.5. The maximum atomic E-state index is 12.0. The average Bonchev–Trinajstić information content (AvgIpc) is 3.23.